The molecule has 3 rings (SSSR count). The van der Waals surface area contributed by atoms with Gasteiger partial charge in [0.1, 0.15) is 5.82 Å². The van der Waals surface area contributed by atoms with E-state index in [1.54, 1.807) is 0 Å². The lowest BCUT2D eigenvalue weighted by molar-refractivity contribution is 0.193. The highest BCUT2D eigenvalue weighted by atomic mass is 16.5. The first-order valence-electron chi connectivity index (χ1n) is 5.96. The van der Waals surface area contributed by atoms with Crippen LogP contribution < -0.4 is 0 Å². The Hall–Kier alpha value is -0.830. The number of hydrogen-bond donors (Lipinski definition) is 0. The van der Waals surface area contributed by atoms with Crippen molar-refractivity contribution in [3.05, 3.63) is 17.7 Å². The van der Waals surface area contributed by atoms with Crippen LogP contribution in [0, 0.1) is 5.92 Å². The summed E-state index contributed by atoms with van der Waals surface area (Å²) >= 11 is 0. The van der Waals surface area contributed by atoms with E-state index in [2.05, 4.69) is 17.7 Å². The minimum Gasteiger partial charge on any atom is -0.381 e. The molecule has 15 heavy (non-hydrogen) atoms. The van der Waals surface area contributed by atoms with E-state index in [1.165, 1.54) is 17.9 Å². The normalized spacial score (nSPS) is 30.5. The van der Waals surface area contributed by atoms with Gasteiger partial charge >= 0.3 is 0 Å². The van der Waals surface area contributed by atoms with E-state index in [0.717, 1.165) is 38.5 Å². The summed E-state index contributed by atoms with van der Waals surface area (Å²) in [5.74, 6) is 2.64. The van der Waals surface area contributed by atoms with Crippen molar-refractivity contribution in [3.63, 3.8) is 0 Å². The van der Waals surface area contributed by atoms with Gasteiger partial charge in [-0.25, -0.2) is 4.98 Å². The first-order valence-corrected chi connectivity index (χ1v) is 5.96. The molecule has 0 bridgehead atoms. The molecule has 1 saturated heterocycles. The lowest BCUT2D eigenvalue weighted by Crippen LogP contribution is -2.16. The monoisotopic (exact) mass is 206 g/mol. The van der Waals surface area contributed by atoms with E-state index in [1.807, 2.05) is 0 Å². The molecule has 0 saturated carbocycles. The summed E-state index contributed by atoms with van der Waals surface area (Å²) in [6.07, 6.45) is 5.84. The average molecular weight is 206 g/mol. The third-order valence-corrected chi connectivity index (χ3v) is 3.62. The minimum atomic E-state index is 0.554. The lowest BCUT2D eigenvalue weighted by atomic mass is 10.0. The number of rotatable bonds is 1. The Morgan fingerprint density at radius 2 is 2.40 bits per heavy atom. The molecule has 3 heterocycles. The third kappa shape index (κ3) is 1.69. The minimum absolute atomic E-state index is 0.554. The summed E-state index contributed by atoms with van der Waals surface area (Å²) in [6.45, 7) is 5.24. The Morgan fingerprint density at radius 3 is 3.20 bits per heavy atom. The Kier molecular flexibility index (Phi) is 2.28. The summed E-state index contributed by atoms with van der Waals surface area (Å²) in [6, 6.07) is 0. The van der Waals surface area contributed by atoms with Gasteiger partial charge in [0.15, 0.2) is 0 Å². The molecule has 0 N–H and O–H groups in total. The summed E-state index contributed by atoms with van der Waals surface area (Å²) < 4.78 is 7.76. The molecule has 1 fully saturated rings. The molecule has 82 valence electrons. The van der Waals surface area contributed by atoms with Crippen LogP contribution in [-0.2, 0) is 17.7 Å². The van der Waals surface area contributed by atoms with Crippen LogP contribution in [0.1, 0.15) is 37.2 Å². The number of ether oxygens (including phenoxy) is 1. The number of aryl methyl sites for hydroxylation is 1. The van der Waals surface area contributed by atoms with Crippen LogP contribution in [0.3, 0.4) is 0 Å². The van der Waals surface area contributed by atoms with Gasteiger partial charge in [-0.2, -0.15) is 0 Å². The van der Waals surface area contributed by atoms with E-state index in [0.29, 0.717) is 5.92 Å². The highest BCUT2D eigenvalue weighted by Gasteiger charge is 2.24. The highest BCUT2D eigenvalue weighted by Crippen LogP contribution is 2.27. The van der Waals surface area contributed by atoms with Gasteiger partial charge in [-0.05, 0) is 18.8 Å². The molecular weight excluding hydrogens is 188 g/mol. The molecule has 2 aliphatic rings. The van der Waals surface area contributed by atoms with Crippen LogP contribution in [0.4, 0.5) is 0 Å². The van der Waals surface area contributed by atoms with Gasteiger partial charge < -0.3 is 9.30 Å². The Labute approximate surface area is 90.5 Å². The smallest absolute Gasteiger partial charge is 0.109 e. The molecule has 0 aromatic carbocycles. The van der Waals surface area contributed by atoms with Gasteiger partial charge in [0.2, 0.25) is 0 Å². The molecule has 3 heteroatoms. The van der Waals surface area contributed by atoms with Crippen molar-refractivity contribution in [1.29, 1.82) is 0 Å². The molecule has 2 atom stereocenters. The first-order chi connectivity index (χ1) is 7.33. The van der Waals surface area contributed by atoms with Gasteiger partial charge in [0, 0.05) is 31.7 Å². The van der Waals surface area contributed by atoms with Gasteiger partial charge in [0.25, 0.3) is 0 Å². The highest BCUT2D eigenvalue weighted by molar-refractivity contribution is 5.12. The molecule has 3 nitrogen and oxygen atoms in total. The topological polar surface area (TPSA) is 27.1 Å². The van der Waals surface area contributed by atoms with Gasteiger partial charge in [0.05, 0.1) is 12.3 Å². The third-order valence-electron chi connectivity index (χ3n) is 3.62. The molecular formula is C12H18N2O. The predicted octanol–water partition coefficient (Wildman–Crippen LogP) is 1.97. The van der Waals surface area contributed by atoms with E-state index in [4.69, 9.17) is 9.72 Å². The van der Waals surface area contributed by atoms with Crippen LogP contribution in [0.5, 0.6) is 0 Å². The number of hydrogen-bond acceptors (Lipinski definition) is 2. The number of imidazole rings is 1. The second-order valence-electron chi connectivity index (χ2n) is 4.93. The maximum absolute atomic E-state index is 5.42. The zero-order valence-electron chi connectivity index (χ0n) is 9.28. The predicted molar refractivity (Wildman–Crippen MR) is 57.9 cm³/mol. The number of aromatic nitrogens is 2. The number of nitrogens with zero attached hydrogens (tertiary/aromatic N) is 2. The van der Waals surface area contributed by atoms with Gasteiger partial charge in [-0.1, -0.05) is 6.92 Å². The quantitative estimate of drug-likeness (QED) is 0.702. The fourth-order valence-corrected chi connectivity index (χ4v) is 2.57. The Morgan fingerprint density at radius 1 is 1.47 bits per heavy atom. The van der Waals surface area contributed by atoms with Crippen molar-refractivity contribution < 1.29 is 4.74 Å². The molecule has 1 aromatic heterocycles. The summed E-state index contributed by atoms with van der Waals surface area (Å²) in [4.78, 5) is 4.77. The Balaban J connectivity index is 1.85. The average Bonchev–Trinajstić information content (AvgIpc) is 2.84. The van der Waals surface area contributed by atoms with Crippen molar-refractivity contribution >= 4 is 0 Å². The standard InChI is InChI=1S/C12H18N2O/c1-9-2-4-14-7-11(13-12(14)6-9)10-3-5-15-8-10/h7,9-10H,2-6,8H2,1H3. The lowest BCUT2D eigenvalue weighted by Gasteiger charge is -2.18. The maximum atomic E-state index is 5.42. The van der Waals surface area contributed by atoms with E-state index in [-0.39, 0.29) is 0 Å². The van der Waals surface area contributed by atoms with Gasteiger partial charge in [-0.3, -0.25) is 0 Å². The summed E-state index contributed by atoms with van der Waals surface area (Å²) in [5, 5.41) is 0. The van der Waals surface area contributed by atoms with Crippen LogP contribution in [0.25, 0.3) is 0 Å². The van der Waals surface area contributed by atoms with E-state index >= 15 is 0 Å². The van der Waals surface area contributed by atoms with Crippen LogP contribution in [-0.4, -0.2) is 22.8 Å². The fourth-order valence-electron chi connectivity index (χ4n) is 2.57. The maximum Gasteiger partial charge on any atom is 0.109 e. The number of fused-ring (bicyclic) bond motifs is 1. The molecule has 0 spiro atoms. The zero-order valence-corrected chi connectivity index (χ0v) is 9.28. The molecule has 1 aromatic rings. The fraction of sp³-hybridized carbons (Fsp3) is 0.750. The molecule has 0 radical (unpaired) electrons. The van der Waals surface area contributed by atoms with Crippen LogP contribution >= 0.6 is 0 Å². The van der Waals surface area contributed by atoms with Crippen LogP contribution in [0.2, 0.25) is 0 Å². The van der Waals surface area contributed by atoms with Crippen LogP contribution in [0.15, 0.2) is 6.20 Å². The van der Waals surface area contributed by atoms with Crippen molar-refractivity contribution in [2.75, 3.05) is 13.2 Å². The van der Waals surface area contributed by atoms with E-state index in [9.17, 15) is 0 Å². The van der Waals surface area contributed by atoms with Crippen molar-refractivity contribution in [3.8, 4) is 0 Å². The van der Waals surface area contributed by atoms with Crippen molar-refractivity contribution in [1.82, 2.24) is 9.55 Å². The van der Waals surface area contributed by atoms with Gasteiger partial charge in [-0.15, -0.1) is 0 Å². The summed E-state index contributed by atoms with van der Waals surface area (Å²) in [7, 11) is 0. The van der Waals surface area contributed by atoms with Crippen molar-refractivity contribution in [2.45, 2.75) is 38.6 Å². The molecule has 2 aliphatic heterocycles. The second kappa shape index (κ2) is 3.63. The second-order valence-corrected chi connectivity index (χ2v) is 4.93. The molecule has 0 aliphatic carbocycles. The summed E-state index contributed by atoms with van der Waals surface area (Å²) in [5.41, 5.74) is 1.26. The largest absolute Gasteiger partial charge is 0.381 e. The Bertz CT molecular complexity index is 353. The molecule has 2 unspecified atom stereocenters. The molecule has 0 amide bonds. The van der Waals surface area contributed by atoms with Crippen molar-refractivity contribution in [2.24, 2.45) is 5.92 Å². The zero-order chi connectivity index (χ0) is 10.3. The first kappa shape index (κ1) is 9.40. The van der Waals surface area contributed by atoms with E-state index < -0.39 is 0 Å². The SMILES string of the molecule is CC1CCn2cc(C3CCOC3)nc2C1.